The summed E-state index contributed by atoms with van der Waals surface area (Å²) < 4.78 is 23.4. The normalized spacial score (nSPS) is 18.5. The van der Waals surface area contributed by atoms with Crippen LogP contribution in [0.15, 0.2) is 36.7 Å². The molecule has 1 aromatic carbocycles. The molecule has 1 aliphatic rings. The van der Waals surface area contributed by atoms with Crippen LogP contribution < -0.4 is 10.2 Å². The molecule has 0 bridgehead atoms. The second-order valence-corrected chi connectivity index (χ2v) is 9.16. The van der Waals surface area contributed by atoms with Gasteiger partial charge in [0, 0.05) is 25.0 Å². The van der Waals surface area contributed by atoms with Crippen LogP contribution in [0.5, 0.6) is 0 Å². The van der Waals surface area contributed by atoms with Crippen LogP contribution in [0.2, 0.25) is 0 Å². The van der Waals surface area contributed by atoms with Gasteiger partial charge in [-0.05, 0) is 49.6 Å². The number of benzene rings is 1. The topological polar surface area (TPSA) is 79.4 Å². The number of hydrogen-bond acceptors (Lipinski definition) is 5. The summed E-state index contributed by atoms with van der Waals surface area (Å²) >= 11 is 0. The largest absolute Gasteiger partial charge is 0.369 e. The molecule has 1 atom stereocenters. The Morgan fingerprint density at radius 1 is 1.15 bits per heavy atom. The number of hydrogen-bond donors (Lipinski definition) is 1. The molecule has 6 nitrogen and oxygen atoms in total. The molecule has 26 heavy (non-hydrogen) atoms. The smallest absolute Gasteiger partial charge is 0.257 e. The molecular weight excluding hydrogens is 350 g/mol. The zero-order valence-electron chi connectivity index (χ0n) is 15.2. The van der Waals surface area contributed by atoms with Gasteiger partial charge in [-0.25, -0.2) is 8.42 Å². The average Bonchev–Trinajstić information content (AvgIpc) is 2.93. The Morgan fingerprint density at radius 2 is 1.85 bits per heavy atom. The van der Waals surface area contributed by atoms with Gasteiger partial charge in [0.1, 0.15) is 0 Å². The number of sulfone groups is 1. The van der Waals surface area contributed by atoms with E-state index in [-0.39, 0.29) is 23.5 Å². The third kappa shape index (κ3) is 4.22. The first-order valence-corrected chi connectivity index (χ1v) is 10.3. The Bertz CT molecular complexity index is 921. The van der Waals surface area contributed by atoms with Gasteiger partial charge in [0.15, 0.2) is 9.84 Å². The van der Waals surface area contributed by atoms with Crippen LogP contribution >= 0.6 is 0 Å². The van der Waals surface area contributed by atoms with Crippen molar-refractivity contribution in [2.75, 3.05) is 28.8 Å². The van der Waals surface area contributed by atoms with Gasteiger partial charge >= 0.3 is 0 Å². The molecule has 1 amide bonds. The summed E-state index contributed by atoms with van der Waals surface area (Å²) in [7, 11) is -1.12. The van der Waals surface area contributed by atoms with Crippen LogP contribution in [-0.2, 0) is 9.84 Å². The van der Waals surface area contributed by atoms with E-state index >= 15 is 0 Å². The van der Waals surface area contributed by atoms with Crippen molar-refractivity contribution in [3.63, 3.8) is 0 Å². The maximum absolute atomic E-state index is 12.6. The predicted molar refractivity (Wildman–Crippen MR) is 104 cm³/mol. The highest BCUT2D eigenvalue weighted by Gasteiger charge is 2.31. The average molecular weight is 373 g/mol. The first-order chi connectivity index (χ1) is 12.2. The summed E-state index contributed by atoms with van der Waals surface area (Å²) in [5.41, 5.74) is 4.08. The number of rotatable bonds is 4. The maximum atomic E-state index is 12.6. The molecule has 1 aromatic heterocycles. The quantitative estimate of drug-likeness (QED) is 0.891. The lowest BCUT2D eigenvalue weighted by atomic mass is 10.1. The lowest BCUT2D eigenvalue weighted by molar-refractivity contribution is 0.102. The number of carbonyl (C=O) groups excluding carboxylic acids is 1. The highest BCUT2D eigenvalue weighted by molar-refractivity contribution is 7.91. The van der Waals surface area contributed by atoms with Crippen LogP contribution in [0.3, 0.4) is 0 Å². The van der Waals surface area contributed by atoms with Crippen molar-refractivity contribution >= 4 is 27.1 Å². The number of aromatic nitrogens is 1. The van der Waals surface area contributed by atoms with E-state index in [1.165, 1.54) is 6.20 Å². The first kappa shape index (κ1) is 18.4. The number of pyridine rings is 1. The molecule has 1 saturated heterocycles. The minimum atomic E-state index is -2.97. The molecule has 0 radical (unpaired) electrons. The highest BCUT2D eigenvalue weighted by Crippen LogP contribution is 2.23. The van der Waals surface area contributed by atoms with E-state index in [0.29, 0.717) is 12.0 Å². The summed E-state index contributed by atoms with van der Waals surface area (Å²) in [4.78, 5) is 18.6. The van der Waals surface area contributed by atoms with Gasteiger partial charge in [-0.1, -0.05) is 6.07 Å². The van der Waals surface area contributed by atoms with Gasteiger partial charge in [0.25, 0.3) is 5.91 Å². The minimum Gasteiger partial charge on any atom is -0.369 e. The van der Waals surface area contributed by atoms with Gasteiger partial charge in [-0.15, -0.1) is 0 Å². The van der Waals surface area contributed by atoms with Crippen LogP contribution in [-0.4, -0.2) is 43.9 Å². The van der Waals surface area contributed by atoms with Crippen molar-refractivity contribution in [3.8, 4) is 0 Å². The molecule has 138 valence electrons. The SMILES string of the molecule is Cc1cc(C)cc(NC(=O)c2cncc(N(C)C3CCS(=O)(=O)C3)c2)c1. The maximum Gasteiger partial charge on any atom is 0.257 e. The second-order valence-electron chi connectivity index (χ2n) is 6.93. The number of nitrogens with zero attached hydrogens (tertiary/aromatic N) is 2. The van der Waals surface area contributed by atoms with Crippen molar-refractivity contribution in [3.05, 3.63) is 53.3 Å². The molecule has 1 N–H and O–H groups in total. The van der Waals surface area contributed by atoms with Crippen molar-refractivity contribution in [2.45, 2.75) is 26.3 Å². The fraction of sp³-hybridized carbons (Fsp3) is 0.368. The summed E-state index contributed by atoms with van der Waals surface area (Å²) in [5.74, 6) is 0.113. The summed E-state index contributed by atoms with van der Waals surface area (Å²) in [6.07, 6.45) is 3.76. The number of amides is 1. The molecule has 1 unspecified atom stereocenters. The Balaban J connectivity index is 1.77. The Hall–Kier alpha value is -2.41. The van der Waals surface area contributed by atoms with E-state index in [4.69, 9.17) is 0 Å². The molecule has 2 aromatic rings. The molecule has 7 heteroatoms. The lowest BCUT2D eigenvalue weighted by Gasteiger charge is -2.25. The molecule has 0 aliphatic carbocycles. The van der Waals surface area contributed by atoms with E-state index < -0.39 is 9.84 Å². The predicted octanol–water partition coefficient (Wildman–Crippen LogP) is 2.57. The Labute approximate surface area is 154 Å². The Morgan fingerprint density at radius 3 is 2.46 bits per heavy atom. The molecule has 2 heterocycles. The van der Waals surface area contributed by atoms with Crippen molar-refractivity contribution in [1.29, 1.82) is 0 Å². The monoisotopic (exact) mass is 373 g/mol. The van der Waals surface area contributed by atoms with Gasteiger partial charge < -0.3 is 10.2 Å². The zero-order chi connectivity index (χ0) is 18.9. The van der Waals surface area contributed by atoms with Crippen LogP contribution in [0.25, 0.3) is 0 Å². The molecular formula is C19H23N3O3S. The lowest BCUT2D eigenvalue weighted by Crippen LogP contribution is -2.32. The van der Waals surface area contributed by atoms with Crippen LogP contribution in [0, 0.1) is 13.8 Å². The van der Waals surface area contributed by atoms with E-state index in [2.05, 4.69) is 10.3 Å². The molecule has 0 saturated carbocycles. The fourth-order valence-electron chi connectivity index (χ4n) is 3.29. The van der Waals surface area contributed by atoms with E-state index in [1.54, 1.807) is 12.3 Å². The van der Waals surface area contributed by atoms with E-state index in [0.717, 1.165) is 22.5 Å². The number of carbonyl (C=O) groups is 1. The number of nitrogens with one attached hydrogen (secondary N) is 1. The number of anilines is 2. The van der Waals surface area contributed by atoms with Crippen LogP contribution in [0.4, 0.5) is 11.4 Å². The summed E-state index contributed by atoms with van der Waals surface area (Å²) in [6, 6.07) is 7.54. The minimum absolute atomic E-state index is 0.0838. The van der Waals surface area contributed by atoms with Crippen molar-refractivity contribution in [2.24, 2.45) is 0 Å². The van der Waals surface area contributed by atoms with E-state index in [9.17, 15) is 13.2 Å². The van der Waals surface area contributed by atoms with Gasteiger partial charge in [0.05, 0.1) is 29.0 Å². The Kier molecular flexibility index (Phi) is 5.00. The van der Waals surface area contributed by atoms with Gasteiger partial charge in [-0.2, -0.15) is 0 Å². The third-order valence-electron chi connectivity index (χ3n) is 4.63. The standard InChI is InChI=1S/C19H23N3O3S/c1-13-6-14(2)8-16(7-13)21-19(23)15-9-18(11-20-10-15)22(3)17-4-5-26(24,25)12-17/h6-11,17H,4-5,12H2,1-3H3,(H,21,23). The van der Waals surface area contributed by atoms with Crippen LogP contribution in [0.1, 0.15) is 27.9 Å². The zero-order valence-corrected chi connectivity index (χ0v) is 16.0. The summed E-state index contributed by atoms with van der Waals surface area (Å²) in [6.45, 7) is 3.96. The van der Waals surface area contributed by atoms with Gasteiger partial charge in [0.2, 0.25) is 0 Å². The van der Waals surface area contributed by atoms with Crippen molar-refractivity contribution < 1.29 is 13.2 Å². The van der Waals surface area contributed by atoms with Crippen molar-refractivity contribution in [1.82, 2.24) is 4.98 Å². The fourth-order valence-corrected chi connectivity index (χ4v) is 5.06. The number of aryl methyl sites for hydroxylation is 2. The second kappa shape index (κ2) is 7.07. The third-order valence-corrected chi connectivity index (χ3v) is 6.38. The van der Waals surface area contributed by atoms with E-state index in [1.807, 2.05) is 44.0 Å². The summed E-state index contributed by atoms with van der Waals surface area (Å²) in [5, 5.41) is 2.90. The first-order valence-electron chi connectivity index (χ1n) is 8.51. The molecule has 1 fully saturated rings. The highest BCUT2D eigenvalue weighted by atomic mass is 32.2. The molecule has 1 aliphatic heterocycles. The molecule has 3 rings (SSSR count). The molecule has 0 spiro atoms. The van der Waals surface area contributed by atoms with Gasteiger partial charge in [-0.3, -0.25) is 9.78 Å².